The summed E-state index contributed by atoms with van der Waals surface area (Å²) in [5.41, 5.74) is 0. The van der Waals surface area contributed by atoms with E-state index in [9.17, 15) is 4.79 Å². The summed E-state index contributed by atoms with van der Waals surface area (Å²) in [6.07, 6.45) is 9.03. The molecule has 0 aromatic rings. The Morgan fingerprint density at radius 2 is 1.81 bits per heavy atom. The molecule has 0 spiro atoms. The number of ether oxygens (including phenoxy) is 1. The van der Waals surface area contributed by atoms with Crippen LogP contribution >= 0.6 is 0 Å². The molecule has 1 aliphatic rings. The maximum absolute atomic E-state index is 12.3. The van der Waals surface area contributed by atoms with Crippen LogP contribution in [0.2, 0.25) is 0 Å². The molecule has 0 amide bonds. The topological polar surface area (TPSA) is 26.3 Å². The van der Waals surface area contributed by atoms with Crippen LogP contribution in [0.3, 0.4) is 0 Å². The van der Waals surface area contributed by atoms with E-state index in [4.69, 9.17) is 4.74 Å². The first-order valence-electron chi connectivity index (χ1n) is 6.94. The summed E-state index contributed by atoms with van der Waals surface area (Å²) in [5, 5.41) is 0. The number of hydrogen-bond donors (Lipinski definition) is 0. The number of carbonyl (C=O) groups is 1. The highest BCUT2D eigenvalue weighted by Gasteiger charge is 2.27. The van der Waals surface area contributed by atoms with E-state index in [2.05, 4.69) is 6.92 Å². The average molecular weight is 226 g/mol. The van der Waals surface area contributed by atoms with Gasteiger partial charge in [-0.2, -0.15) is 0 Å². The van der Waals surface area contributed by atoms with Gasteiger partial charge < -0.3 is 4.74 Å². The minimum Gasteiger partial charge on any atom is -0.371 e. The predicted molar refractivity (Wildman–Crippen MR) is 66.5 cm³/mol. The van der Waals surface area contributed by atoms with Crippen LogP contribution in [0.4, 0.5) is 0 Å². The molecule has 2 heteroatoms. The van der Waals surface area contributed by atoms with E-state index >= 15 is 0 Å². The lowest BCUT2D eigenvalue weighted by atomic mass is 9.91. The summed E-state index contributed by atoms with van der Waals surface area (Å²) in [6, 6.07) is 0. The molecule has 1 atom stereocenters. The van der Waals surface area contributed by atoms with Crippen molar-refractivity contribution in [2.24, 2.45) is 5.92 Å². The second-order valence-electron chi connectivity index (χ2n) is 4.82. The van der Waals surface area contributed by atoms with E-state index in [1.807, 2.05) is 6.92 Å². The molecule has 0 aromatic heterocycles. The Kier molecular flexibility index (Phi) is 6.70. The van der Waals surface area contributed by atoms with Gasteiger partial charge in [-0.3, -0.25) is 4.79 Å². The van der Waals surface area contributed by atoms with Gasteiger partial charge in [0.05, 0.1) is 0 Å². The zero-order chi connectivity index (χ0) is 11.8. The number of rotatable bonds is 6. The lowest BCUT2D eigenvalue weighted by molar-refractivity contribution is -0.135. The summed E-state index contributed by atoms with van der Waals surface area (Å²) in [4.78, 5) is 12.3. The van der Waals surface area contributed by atoms with Crippen molar-refractivity contribution in [1.29, 1.82) is 0 Å². The Morgan fingerprint density at radius 3 is 2.31 bits per heavy atom. The monoisotopic (exact) mass is 226 g/mol. The van der Waals surface area contributed by atoms with Gasteiger partial charge in [0.25, 0.3) is 0 Å². The van der Waals surface area contributed by atoms with Crippen LogP contribution in [-0.2, 0) is 9.53 Å². The summed E-state index contributed by atoms with van der Waals surface area (Å²) in [6.45, 7) is 4.75. The SMILES string of the molecule is CCCC(OCC)C(=O)C1CCCCCC1. The van der Waals surface area contributed by atoms with Crippen molar-refractivity contribution < 1.29 is 9.53 Å². The first-order valence-corrected chi connectivity index (χ1v) is 6.94. The average Bonchev–Trinajstić information content (AvgIpc) is 2.56. The van der Waals surface area contributed by atoms with Gasteiger partial charge in [-0.05, 0) is 26.2 Å². The third kappa shape index (κ3) is 4.25. The maximum Gasteiger partial charge on any atom is 0.164 e. The highest BCUT2D eigenvalue weighted by Crippen LogP contribution is 2.26. The van der Waals surface area contributed by atoms with Crippen LogP contribution < -0.4 is 0 Å². The number of carbonyl (C=O) groups excluding carboxylic acids is 1. The van der Waals surface area contributed by atoms with E-state index in [0.29, 0.717) is 12.4 Å². The van der Waals surface area contributed by atoms with Crippen molar-refractivity contribution in [2.45, 2.75) is 71.3 Å². The first kappa shape index (κ1) is 13.7. The fraction of sp³-hybridized carbons (Fsp3) is 0.929. The van der Waals surface area contributed by atoms with Gasteiger partial charge in [-0.1, -0.05) is 39.0 Å². The molecular formula is C14H26O2. The third-order valence-electron chi connectivity index (χ3n) is 3.49. The summed E-state index contributed by atoms with van der Waals surface area (Å²) < 4.78 is 5.59. The Morgan fingerprint density at radius 1 is 1.19 bits per heavy atom. The molecule has 0 heterocycles. The zero-order valence-corrected chi connectivity index (χ0v) is 10.8. The van der Waals surface area contributed by atoms with E-state index in [1.54, 1.807) is 0 Å². The van der Waals surface area contributed by atoms with Gasteiger partial charge in [-0.25, -0.2) is 0 Å². The molecule has 1 saturated carbocycles. The van der Waals surface area contributed by atoms with Crippen LogP contribution in [0, 0.1) is 5.92 Å². The predicted octanol–water partition coefficient (Wildman–Crippen LogP) is 3.73. The van der Waals surface area contributed by atoms with Crippen LogP contribution in [0.1, 0.15) is 65.2 Å². The molecule has 16 heavy (non-hydrogen) atoms. The first-order chi connectivity index (χ1) is 7.79. The Balaban J connectivity index is 2.49. The second kappa shape index (κ2) is 7.83. The third-order valence-corrected chi connectivity index (χ3v) is 3.49. The Labute approximate surface area is 99.8 Å². The van der Waals surface area contributed by atoms with Crippen molar-refractivity contribution in [3.8, 4) is 0 Å². The highest BCUT2D eigenvalue weighted by molar-refractivity contribution is 5.85. The van der Waals surface area contributed by atoms with E-state index in [0.717, 1.165) is 25.7 Å². The van der Waals surface area contributed by atoms with Crippen LogP contribution in [0.15, 0.2) is 0 Å². The fourth-order valence-corrected chi connectivity index (χ4v) is 2.60. The van der Waals surface area contributed by atoms with Gasteiger partial charge in [0.2, 0.25) is 0 Å². The van der Waals surface area contributed by atoms with E-state index in [1.165, 1.54) is 25.7 Å². The molecule has 0 N–H and O–H groups in total. The van der Waals surface area contributed by atoms with Crippen molar-refractivity contribution >= 4 is 5.78 Å². The van der Waals surface area contributed by atoms with Gasteiger partial charge in [0.15, 0.2) is 5.78 Å². The summed E-state index contributed by atoms with van der Waals surface area (Å²) in [7, 11) is 0. The molecule has 94 valence electrons. The quantitative estimate of drug-likeness (QED) is 0.645. The fourth-order valence-electron chi connectivity index (χ4n) is 2.60. The van der Waals surface area contributed by atoms with Gasteiger partial charge in [-0.15, -0.1) is 0 Å². The molecule has 2 nitrogen and oxygen atoms in total. The largest absolute Gasteiger partial charge is 0.371 e. The standard InChI is InChI=1S/C14H26O2/c1-3-9-13(16-4-2)14(15)12-10-7-5-6-8-11-12/h12-13H,3-11H2,1-2H3. The van der Waals surface area contributed by atoms with Crippen molar-refractivity contribution in [2.75, 3.05) is 6.61 Å². The second-order valence-corrected chi connectivity index (χ2v) is 4.82. The molecule has 0 saturated heterocycles. The Hall–Kier alpha value is -0.370. The molecule has 0 bridgehead atoms. The van der Waals surface area contributed by atoms with Crippen LogP contribution in [0.5, 0.6) is 0 Å². The molecule has 1 rings (SSSR count). The molecule has 1 aliphatic carbocycles. The molecular weight excluding hydrogens is 200 g/mol. The lowest BCUT2D eigenvalue weighted by Gasteiger charge is -2.20. The van der Waals surface area contributed by atoms with Crippen molar-refractivity contribution in [3.63, 3.8) is 0 Å². The summed E-state index contributed by atoms with van der Waals surface area (Å²) >= 11 is 0. The van der Waals surface area contributed by atoms with Gasteiger partial charge in [0, 0.05) is 12.5 Å². The number of hydrogen-bond acceptors (Lipinski definition) is 2. The van der Waals surface area contributed by atoms with E-state index in [-0.39, 0.29) is 12.0 Å². The van der Waals surface area contributed by atoms with Crippen molar-refractivity contribution in [3.05, 3.63) is 0 Å². The van der Waals surface area contributed by atoms with Crippen LogP contribution in [-0.4, -0.2) is 18.5 Å². The number of Topliss-reactive ketones (excluding diaryl/α,β-unsaturated/α-hetero) is 1. The molecule has 0 aliphatic heterocycles. The van der Waals surface area contributed by atoms with E-state index < -0.39 is 0 Å². The molecule has 1 unspecified atom stereocenters. The lowest BCUT2D eigenvalue weighted by Crippen LogP contribution is -2.30. The zero-order valence-electron chi connectivity index (χ0n) is 10.8. The van der Waals surface area contributed by atoms with Crippen LogP contribution in [0.25, 0.3) is 0 Å². The molecule has 1 fully saturated rings. The normalized spacial score (nSPS) is 20.4. The van der Waals surface area contributed by atoms with Gasteiger partial charge >= 0.3 is 0 Å². The highest BCUT2D eigenvalue weighted by atomic mass is 16.5. The number of ketones is 1. The minimum absolute atomic E-state index is 0.127. The molecule has 0 aromatic carbocycles. The summed E-state index contributed by atoms with van der Waals surface area (Å²) in [5.74, 6) is 0.663. The van der Waals surface area contributed by atoms with Gasteiger partial charge in [0.1, 0.15) is 6.10 Å². The molecule has 0 radical (unpaired) electrons. The van der Waals surface area contributed by atoms with Crippen molar-refractivity contribution in [1.82, 2.24) is 0 Å². The smallest absolute Gasteiger partial charge is 0.164 e. The maximum atomic E-state index is 12.3. The Bertz CT molecular complexity index is 183. The minimum atomic E-state index is -0.127.